The number of hydrogen-bond acceptors (Lipinski definition) is 7. The van der Waals surface area contributed by atoms with Crippen LogP contribution in [0.5, 0.6) is 0 Å². The molecule has 0 saturated carbocycles. The predicted octanol–water partition coefficient (Wildman–Crippen LogP) is 1.38. The Bertz CT molecular complexity index is 764. The highest BCUT2D eigenvalue weighted by Gasteiger charge is 2.39. The summed E-state index contributed by atoms with van der Waals surface area (Å²) in [7, 11) is 1.30. The Hall–Kier alpha value is -2.42. The van der Waals surface area contributed by atoms with Gasteiger partial charge in [0.05, 0.1) is 20.0 Å². The van der Waals surface area contributed by atoms with Gasteiger partial charge >= 0.3 is 12.1 Å². The van der Waals surface area contributed by atoms with Gasteiger partial charge in [-0.25, -0.2) is 19.7 Å². The van der Waals surface area contributed by atoms with Crippen molar-refractivity contribution in [2.24, 2.45) is 0 Å². The Morgan fingerprint density at radius 2 is 2.13 bits per heavy atom. The maximum atomic E-state index is 12.0. The van der Waals surface area contributed by atoms with Crippen molar-refractivity contribution in [3.63, 3.8) is 0 Å². The summed E-state index contributed by atoms with van der Waals surface area (Å²) >= 11 is 6.00. The van der Waals surface area contributed by atoms with Gasteiger partial charge in [0.25, 0.3) is 0 Å². The van der Waals surface area contributed by atoms with Crippen LogP contribution in [-0.4, -0.2) is 56.2 Å². The third-order valence-corrected chi connectivity index (χ3v) is 3.89. The lowest BCUT2D eigenvalue weighted by atomic mass is 10.3. The Morgan fingerprint density at radius 1 is 1.35 bits per heavy atom. The predicted molar refractivity (Wildman–Crippen MR) is 78.7 cm³/mol. The van der Waals surface area contributed by atoms with Crippen LogP contribution in [0.25, 0.3) is 11.2 Å². The van der Waals surface area contributed by atoms with Gasteiger partial charge in [0.2, 0.25) is 0 Å². The fourth-order valence-corrected chi connectivity index (χ4v) is 2.89. The number of amides is 1. The van der Waals surface area contributed by atoms with Gasteiger partial charge in [-0.05, 0) is 0 Å². The summed E-state index contributed by atoms with van der Waals surface area (Å²) < 4.78 is 11.7. The molecule has 0 bridgehead atoms. The van der Waals surface area contributed by atoms with Crippen molar-refractivity contribution in [3.8, 4) is 0 Å². The molecule has 10 heteroatoms. The summed E-state index contributed by atoms with van der Waals surface area (Å²) in [5.74, 6) is -0.402. The van der Waals surface area contributed by atoms with Crippen LogP contribution in [0.4, 0.5) is 4.79 Å². The first-order valence-corrected chi connectivity index (χ1v) is 7.24. The fraction of sp³-hybridized carbons (Fsp3) is 0.462. The van der Waals surface area contributed by atoms with E-state index in [4.69, 9.17) is 21.1 Å². The van der Waals surface area contributed by atoms with Gasteiger partial charge in [-0.2, -0.15) is 0 Å². The maximum absolute atomic E-state index is 12.0. The molecule has 9 nitrogen and oxygen atoms in total. The van der Waals surface area contributed by atoms with E-state index in [1.54, 1.807) is 4.57 Å². The molecular weight excluding hydrogens is 326 g/mol. The second-order valence-electron chi connectivity index (χ2n) is 5.06. The summed E-state index contributed by atoms with van der Waals surface area (Å²) in [5, 5.41) is 0.230. The maximum Gasteiger partial charge on any atom is 0.411 e. The number of hydrogen-bond donors (Lipinski definition) is 0. The smallest absolute Gasteiger partial charge is 0.411 e. The zero-order chi connectivity index (χ0) is 16.6. The minimum absolute atomic E-state index is 0.230. The number of imidazole rings is 1. The standard InChI is InChI=1S/C13H14ClN5O4/c1-7(20)23-8-3-9(18(4-8)13(21)22-2)19-6-17-10-11(14)15-5-16-12(10)19/h5-6,8-9H,3-4H2,1-2H3/t8-,9?/m1/s1. The van der Waals surface area contributed by atoms with E-state index < -0.39 is 24.3 Å². The minimum atomic E-state index is -0.522. The summed E-state index contributed by atoms with van der Waals surface area (Å²) in [6, 6.07) is 0. The molecule has 0 aliphatic carbocycles. The van der Waals surface area contributed by atoms with Crippen molar-refractivity contribution in [2.75, 3.05) is 13.7 Å². The molecule has 0 radical (unpaired) electrons. The van der Waals surface area contributed by atoms with E-state index in [2.05, 4.69) is 15.0 Å². The van der Waals surface area contributed by atoms with Crippen LogP contribution in [-0.2, 0) is 14.3 Å². The molecule has 122 valence electrons. The zero-order valence-electron chi connectivity index (χ0n) is 12.5. The van der Waals surface area contributed by atoms with Crippen LogP contribution >= 0.6 is 11.6 Å². The molecule has 2 aromatic rings. The quantitative estimate of drug-likeness (QED) is 0.602. The van der Waals surface area contributed by atoms with E-state index in [0.717, 1.165) is 0 Å². The number of carbonyl (C=O) groups is 2. The van der Waals surface area contributed by atoms with Gasteiger partial charge in [0, 0.05) is 13.3 Å². The van der Waals surface area contributed by atoms with Gasteiger partial charge in [-0.1, -0.05) is 11.6 Å². The second kappa shape index (κ2) is 5.99. The topological polar surface area (TPSA) is 99.4 Å². The largest absolute Gasteiger partial charge is 0.461 e. The van der Waals surface area contributed by atoms with Crippen LogP contribution in [0, 0.1) is 0 Å². The number of esters is 1. The van der Waals surface area contributed by atoms with E-state index in [0.29, 0.717) is 17.6 Å². The van der Waals surface area contributed by atoms with Gasteiger partial charge in [-0.15, -0.1) is 0 Å². The molecule has 1 fully saturated rings. The second-order valence-corrected chi connectivity index (χ2v) is 5.42. The van der Waals surface area contributed by atoms with Crippen molar-refractivity contribution in [2.45, 2.75) is 25.6 Å². The number of likely N-dealkylation sites (tertiary alicyclic amines) is 1. The highest BCUT2D eigenvalue weighted by Crippen LogP contribution is 2.32. The summed E-state index contributed by atoms with van der Waals surface area (Å²) in [4.78, 5) is 36.9. The first-order chi connectivity index (χ1) is 11.0. The lowest BCUT2D eigenvalue weighted by Crippen LogP contribution is -2.34. The van der Waals surface area contributed by atoms with Gasteiger partial charge in [0.1, 0.15) is 24.1 Å². The Kier molecular flexibility index (Phi) is 4.03. The number of halogens is 1. The van der Waals surface area contributed by atoms with E-state index in [1.165, 1.54) is 31.6 Å². The van der Waals surface area contributed by atoms with Crippen LogP contribution in [0.3, 0.4) is 0 Å². The van der Waals surface area contributed by atoms with Crippen molar-refractivity contribution >= 4 is 34.8 Å². The van der Waals surface area contributed by atoms with Crippen molar-refractivity contribution in [1.82, 2.24) is 24.4 Å². The molecule has 0 N–H and O–H groups in total. The number of carbonyl (C=O) groups excluding carboxylic acids is 2. The monoisotopic (exact) mass is 339 g/mol. The van der Waals surface area contributed by atoms with Crippen LogP contribution in [0.15, 0.2) is 12.7 Å². The number of methoxy groups -OCH3 is 1. The average molecular weight is 340 g/mol. The summed E-state index contributed by atoms with van der Waals surface area (Å²) in [5.41, 5.74) is 0.933. The molecule has 1 saturated heterocycles. The number of rotatable bonds is 2. The molecule has 2 atom stereocenters. The fourth-order valence-electron chi connectivity index (χ4n) is 2.72. The summed E-state index contributed by atoms with van der Waals surface area (Å²) in [6.45, 7) is 1.56. The van der Waals surface area contributed by atoms with E-state index in [-0.39, 0.29) is 11.7 Å². The van der Waals surface area contributed by atoms with Crippen molar-refractivity contribution in [3.05, 3.63) is 17.8 Å². The Labute approximate surface area is 136 Å². The third-order valence-electron chi connectivity index (χ3n) is 3.61. The number of aromatic nitrogens is 4. The zero-order valence-corrected chi connectivity index (χ0v) is 13.2. The molecule has 3 rings (SSSR count). The van der Waals surface area contributed by atoms with Gasteiger partial charge in [0.15, 0.2) is 10.8 Å². The highest BCUT2D eigenvalue weighted by molar-refractivity contribution is 6.33. The molecule has 1 aliphatic rings. The minimum Gasteiger partial charge on any atom is -0.461 e. The van der Waals surface area contributed by atoms with E-state index in [9.17, 15) is 9.59 Å². The first kappa shape index (κ1) is 15.5. The van der Waals surface area contributed by atoms with E-state index >= 15 is 0 Å². The molecule has 0 aromatic carbocycles. The molecule has 0 spiro atoms. The van der Waals surface area contributed by atoms with Crippen molar-refractivity contribution < 1.29 is 19.1 Å². The Morgan fingerprint density at radius 3 is 2.83 bits per heavy atom. The molecule has 23 heavy (non-hydrogen) atoms. The van der Waals surface area contributed by atoms with Crippen LogP contribution in [0.1, 0.15) is 19.5 Å². The average Bonchev–Trinajstić information content (AvgIpc) is 3.10. The van der Waals surface area contributed by atoms with Crippen molar-refractivity contribution in [1.29, 1.82) is 0 Å². The van der Waals surface area contributed by atoms with Gasteiger partial charge < -0.3 is 9.47 Å². The normalized spacial score (nSPS) is 20.7. The lowest BCUT2D eigenvalue weighted by Gasteiger charge is -2.23. The molecule has 2 aromatic heterocycles. The number of ether oxygens (including phenoxy) is 2. The molecular formula is C13H14ClN5O4. The molecule has 1 amide bonds. The lowest BCUT2D eigenvalue weighted by molar-refractivity contribution is -0.145. The van der Waals surface area contributed by atoms with Gasteiger partial charge in [-0.3, -0.25) is 14.3 Å². The molecule has 1 unspecified atom stereocenters. The Balaban J connectivity index is 1.98. The van der Waals surface area contributed by atoms with E-state index in [1.807, 2.05) is 0 Å². The third kappa shape index (κ3) is 2.79. The number of nitrogens with zero attached hydrogens (tertiary/aromatic N) is 5. The first-order valence-electron chi connectivity index (χ1n) is 6.86. The number of fused-ring (bicyclic) bond motifs is 1. The molecule has 3 heterocycles. The summed E-state index contributed by atoms with van der Waals surface area (Å²) in [6.07, 6.45) is 1.87. The van der Waals surface area contributed by atoms with Crippen LogP contribution in [0.2, 0.25) is 5.15 Å². The molecule has 1 aliphatic heterocycles. The highest BCUT2D eigenvalue weighted by atomic mass is 35.5. The van der Waals surface area contributed by atoms with Crippen LogP contribution < -0.4 is 0 Å². The SMILES string of the molecule is COC(=O)N1C[C@H](OC(C)=O)CC1n1cnc2c(Cl)ncnc21.